The minimum absolute atomic E-state index is 0.00631. The minimum atomic E-state index is -0.179. The van der Waals surface area contributed by atoms with Crippen molar-refractivity contribution in [1.82, 2.24) is 0 Å². The number of thiophene rings is 2. The van der Waals surface area contributed by atoms with Crippen LogP contribution in [0.2, 0.25) is 0 Å². The van der Waals surface area contributed by atoms with Crippen molar-refractivity contribution in [1.29, 1.82) is 0 Å². The smallest absolute Gasteiger partial charge is 0.252 e. The highest BCUT2D eigenvalue weighted by molar-refractivity contribution is 7.26. The Morgan fingerprint density at radius 2 is 0.974 bits per heavy atom. The Morgan fingerprint density at radius 3 is 1.63 bits per heavy atom. The van der Waals surface area contributed by atoms with Crippen LogP contribution in [0.5, 0.6) is 0 Å². The molecular weight excluding hydrogens is 958 g/mol. The third-order valence-corrected chi connectivity index (χ3v) is 20.8. The van der Waals surface area contributed by atoms with Crippen molar-refractivity contribution in [2.24, 2.45) is 0 Å². The summed E-state index contributed by atoms with van der Waals surface area (Å²) < 4.78 is 5.28. The van der Waals surface area contributed by atoms with E-state index in [1.54, 1.807) is 0 Å². The molecule has 0 spiro atoms. The van der Waals surface area contributed by atoms with Gasteiger partial charge in [-0.1, -0.05) is 164 Å². The zero-order chi connectivity index (χ0) is 51.6. The number of rotatable bonds is 4. The van der Waals surface area contributed by atoms with Crippen LogP contribution in [0.1, 0.15) is 97.8 Å². The maximum Gasteiger partial charge on any atom is 0.252 e. The number of hydrogen-bond donors (Lipinski definition) is 0. The number of nitrogens with zero attached hydrogens (tertiary/aromatic N) is 3. The lowest BCUT2D eigenvalue weighted by molar-refractivity contribution is 0.195. The van der Waals surface area contributed by atoms with Crippen molar-refractivity contribution in [2.45, 2.75) is 103 Å². The standard InChI is InChI=1S/C70H62BN3S2/c1-67(2,3)45-25-30-55-58(37-45)72(47-28-33-64-53(39-47)51-21-13-15-23-63(51)75-64)60-40-49(74-57-32-24-44(43-18-10-9-11-19-43)36-54(57)69(7)34-16-17-35-70(69,74)8)41-61-66(60)71(55)56-31-26-46(68(4,5)6)38-59(56)73(61)48-27-29-52-50-20-12-14-22-62(50)76-65(52)42-48/h9-15,18-33,36-42H,16-17,34-35H2,1-8H3. The van der Waals surface area contributed by atoms with Gasteiger partial charge in [0, 0.05) is 91.3 Å². The Bertz CT molecular complexity index is 4230. The number of anilines is 8. The van der Waals surface area contributed by atoms with Gasteiger partial charge in [-0.15, -0.1) is 22.7 Å². The van der Waals surface area contributed by atoms with E-state index in [1.807, 2.05) is 22.7 Å². The quantitative estimate of drug-likeness (QED) is 0.163. The summed E-state index contributed by atoms with van der Waals surface area (Å²) in [5, 5.41) is 5.27. The topological polar surface area (TPSA) is 9.72 Å². The average molecular weight is 1020 g/mol. The summed E-state index contributed by atoms with van der Waals surface area (Å²) in [6.45, 7) is 19.3. The molecule has 2 unspecified atom stereocenters. The molecule has 76 heavy (non-hydrogen) atoms. The van der Waals surface area contributed by atoms with Gasteiger partial charge in [0.2, 0.25) is 0 Å². The maximum absolute atomic E-state index is 2.82. The van der Waals surface area contributed by atoms with E-state index in [0.29, 0.717) is 0 Å². The van der Waals surface area contributed by atoms with Crippen molar-refractivity contribution < 1.29 is 0 Å². The van der Waals surface area contributed by atoms with E-state index in [0.717, 1.165) is 12.8 Å². The van der Waals surface area contributed by atoms with Crippen LogP contribution in [0, 0.1) is 0 Å². The first-order valence-corrected chi connectivity index (χ1v) is 29.2. The van der Waals surface area contributed by atoms with Crippen LogP contribution in [-0.2, 0) is 16.2 Å². The summed E-state index contributed by atoms with van der Waals surface area (Å²) in [4.78, 5) is 8.17. The van der Waals surface area contributed by atoms with Crippen molar-refractivity contribution in [2.75, 3.05) is 14.7 Å². The summed E-state index contributed by atoms with van der Waals surface area (Å²) in [5.74, 6) is 0. The predicted octanol–water partition coefficient (Wildman–Crippen LogP) is 18.5. The molecule has 2 aromatic heterocycles. The average Bonchev–Trinajstić information content (AvgIpc) is 4.14. The molecule has 0 saturated heterocycles. The monoisotopic (exact) mass is 1020 g/mol. The molecule has 5 heterocycles. The molecule has 6 heteroatoms. The highest BCUT2D eigenvalue weighted by Gasteiger charge is 2.58. The Kier molecular flexibility index (Phi) is 9.85. The number of benzene rings is 9. The van der Waals surface area contributed by atoms with Gasteiger partial charge in [-0.2, -0.15) is 0 Å². The SMILES string of the molecule is CC(C)(C)c1ccc2c(c1)N(c1ccc3c(c1)sc1ccccc13)c1cc(N3c4ccc(-c5ccccc5)cc4C4(C)CCCCC34C)cc3c1B2c1ccc(C(C)(C)C)cc1N3c1ccc2sc3ccccc3c2c1. The molecule has 1 saturated carbocycles. The van der Waals surface area contributed by atoms with Gasteiger partial charge in [-0.05, 0) is 154 Å². The lowest BCUT2D eigenvalue weighted by Crippen LogP contribution is -2.61. The van der Waals surface area contributed by atoms with Crippen LogP contribution in [0.15, 0.2) is 182 Å². The summed E-state index contributed by atoms with van der Waals surface area (Å²) in [7, 11) is 0. The second-order valence-corrected chi connectivity index (χ2v) is 27.0. The van der Waals surface area contributed by atoms with E-state index in [9.17, 15) is 0 Å². The van der Waals surface area contributed by atoms with E-state index in [2.05, 4.69) is 252 Å². The molecule has 1 aliphatic carbocycles. The van der Waals surface area contributed by atoms with Gasteiger partial charge in [0.05, 0.1) is 5.54 Å². The van der Waals surface area contributed by atoms with Crippen LogP contribution in [0.3, 0.4) is 0 Å². The Labute approximate surface area is 456 Å². The molecule has 0 N–H and O–H groups in total. The first-order chi connectivity index (χ1) is 36.7. The molecule has 2 atom stereocenters. The van der Waals surface area contributed by atoms with Gasteiger partial charge in [0.1, 0.15) is 0 Å². The van der Waals surface area contributed by atoms with E-state index >= 15 is 0 Å². The van der Waals surface area contributed by atoms with Gasteiger partial charge in [-0.3, -0.25) is 0 Å². The molecule has 0 radical (unpaired) electrons. The second-order valence-electron chi connectivity index (χ2n) is 24.9. The number of hydrogen-bond acceptors (Lipinski definition) is 5. The third-order valence-electron chi connectivity index (χ3n) is 18.5. The molecule has 1 fully saturated rings. The Morgan fingerprint density at radius 1 is 0.421 bits per heavy atom. The Hall–Kier alpha value is -7.12. The molecule has 0 bridgehead atoms. The van der Waals surface area contributed by atoms with Crippen molar-refractivity contribution in [3.63, 3.8) is 0 Å². The van der Waals surface area contributed by atoms with Crippen molar-refractivity contribution in [3.8, 4) is 11.1 Å². The Balaban J connectivity index is 1.07. The fourth-order valence-corrected chi connectivity index (χ4v) is 16.5. The van der Waals surface area contributed by atoms with Crippen LogP contribution < -0.4 is 31.1 Å². The fourth-order valence-electron chi connectivity index (χ4n) is 14.2. The second kappa shape index (κ2) is 16.2. The minimum Gasteiger partial charge on any atom is -0.334 e. The highest BCUT2D eigenvalue weighted by Crippen LogP contribution is 2.62. The van der Waals surface area contributed by atoms with E-state index in [4.69, 9.17) is 0 Å². The summed E-state index contributed by atoms with van der Waals surface area (Å²) in [6.07, 6.45) is 4.70. The van der Waals surface area contributed by atoms with E-state index in [-0.39, 0.29) is 28.5 Å². The molecule has 11 aromatic rings. The van der Waals surface area contributed by atoms with E-state index < -0.39 is 0 Å². The molecular formula is C70H62BN3S2. The maximum atomic E-state index is 2.82. The summed E-state index contributed by atoms with van der Waals surface area (Å²) in [6, 6.07) is 71.0. The predicted molar refractivity (Wildman–Crippen MR) is 332 cm³/mol. The van der Waals surface area contributed by atoms with Gasteiger partial charge in [0.25, 0.3) is 6.71 Å². The van der Waals surface area contributed by atoms with Crippen LogP contribution in [-0.4, -0.2) is 12.3 Å². The van der Waals surface area contributed by atoms with Gasteiger partial charge >= 0.3 is 0 Å². The number of fused-ring (bicyclic) bond motifs is 13. The van der Waals surface area contributed by atoms with Crippen LogP contribution in [0.25, 0.3) is 51.5 Å². The molecule has 372 valence electrons. The third kappa shape index (κ3) is 6.59. The first-order valence-electron chi connectivity index (χ1n) is 27.6. The molecule has 4 aliphatic rings. The molecule has 0 amide bonds. The normalized spacial score (nSPS) is 18.8. The van der Waals surface area contributed by atoms with Gasteiger partial charge in [0.15, 0.2) is 0 Å². The lowest BCUT2D eigenvalue weighted by atomic mass is 9.33. The zero-order valence-electron chi connectivity index (χ0n) is 44.9. The summed E-state index contributed by atoms with van der Waals surface area (Å²) >= 11 is 3.80. The van der Waals surface area contributed by atoms with Gasteiger partial charge in [-0.25, -0.2) is 0 Å². The molecule has 15 rings (SSSR count). The zero-order valence-corrected chi connectivity index (χ0v) is 46.5. The molecule has 3 aliphatic heterocycles. The first kappa shape index (κ1) is 46.2. The largest absolute Gasteiger partial charge is 0.334 e. The van der Waals surface area contributed by atoms with Crippen LogP contribution >= 0.6 is 22.7 Å². The molecule has 3 nitrogen and oxygen atoms in total. The summed E-state index contributed by atoms with van der Waals surface area (Å²) in [5.41, 5.74) is 20.4. The highest BCUT2D eigenvalue weighted by atomic mass is 32.1. The molecule has 9 aromatic carbocycles. The lowest BCUT2D eigenvalue weighted by Gasteiger charge is -2.51. The van der Waals surface area contributed by atoms with E-state index in [1.165, 1.54) is 143 Å². The van der Waals surface area contributed by atoms with Gasteiger partial charge < -0.3 is 14.7 Å². The van der Waals surface area contributed by atoms with Crippen LogP contribution in [0.4, 0.5) is 45.5 Å². The fraction of sp³-hybridized carbons (Fsp3) is 0.229. The van der Waals surface area contributed by atoms with Crippen molar-refractivity contribution >= 4 is 132 Å². The van der Waals surface area contributed by atoms with Crippen molar-refractivity contribution in [3.05, 3.63) is 199 Å².